The van der Waals surface area contributed by atoms with Gasteiger partial charge in [-0.15, -0.1) is 5.10 Å². The van der Waals surface area contributed by atoms with E-state index < -0.39 is 0 Å². The van der Waals surface area contributed by atoms with Gasteiger partial charge in [-0.1, -0.05) is 0 Å². The highest BCUT2D eigenvalue weighted by Gasteiger charge is 2.32. The number of amides is 1. The summed E-state index contributed by atoms with van der Waals surface area (Å²) in [6.07, 6.45) is 3.35. The first-order chi connectivity index (χ1) is 8.65. The van der Waals surface area contributed by atoms with E-state index in [0.717, 1.165) is 38.2 Å². The fourth-order valence-corrected chi connectivity index (χ4v) is 2.40. The molecule has 1 aliphatic carbocycles. The molecule has 1 amide bonds. The number of hydrogen-bond donors (Lipinski definition) is 1. The number of likely N-dealkylation sites (N-methyl/N-ethyl adjacent to an activating group) is 1. The first kappa shape index (κ1) is 11.6. The van der Waals surface area contributed by atoms with Gasteiger partial charge >= 0.3 is 0 Å². The van der Waals surface area contributed by atoms with Gasteiger partial charge in [-0.05, 0) is 33.4 Å². The van der Waals surface area contributed by atoms with Gasteiger partial charge in [0.1, 0.15) is 5.82 Å². The predicted octanol–water partition coefficient (Wildman–Crippen LogP) is 0.458. The van der Waals surface area contributed by atoms with Crippen LogP contribution in [0.15, 0.2) is 0 Å². The molecule has 2 aliphatic rings. The normalized spacial score (nSPS) is 23.9. The first-order valence-electron chi connectivity index (χ1n) is 6.53. The molecule has 2 fully saturated rings. The Balaban J connectivity index is 1.66. The van der Waals surface area contributed by atoms with Gasteiger partial charge in [0, 0.05) is 25.0 Å². The summed E-state index contributed by atoms with van der Waals surface area (Å²) in [7, 11) is 4.10. The van der Waals surface area contributed by atoms with Crippen molar-refractivity contribution in [3.05, 3.63) is 11.6 Å². The molecular formula is C12H19N5O. The summed E-state index contributed by atoms with van der Waals surface area (Å²) < 4.78 is 0. The van der Waals surface area contributed by atoms with Gasteiger partial charge in [0.2, 0.25) is 5.82 Å². The summed E-state index contributed by atoms with van der Waals surface area (Å²) in [5.74, 6) is 1.67. The van der Waals surface area contributed by atoms with E-state index in [-0.39, 0.29) is 5.91 Å². The molecule has 1 atom stereocenters. The van der Waals surface area contributed by atoms with Crippen molar-refractivity contribution in [3.8, 4) is 0 Å². The summed E-state index contributed by atoms with van der Waals surface area (Å²) in [6, 6.07) is 0.454. The molecule has 98 valence electrons. The average molecular weight is 249 g/mol. The zero-order valence-corrected chi connectivity index (χ0v) is 10.9. The van der Waals surface area contributed by atoms with Crippen molar-refractivity contribution in [2.24, 2.45) is 0 Å². The van der Waals surface area contributed by atoms with E-state index >= 15 is 0 Å². The lowest BCUT2D eigenvalue weighted by molar-refractivity contribution is 0.0771. The van der Waals surface area contributed by atoms with Gasteiger partial charge in [-0.2, -0.15) is 0 Å². The number of H-pyrrole nitrogens is 1. The molecule has 1 N–H and O–H groups in total. The van der Waals surface area contributed by atoms with Crippen LogP contribution in [-0.2, 0) is 0 Å². The van der Waals surface area contributed by atoms with Crippen molar-refractivity contribution in [1.82, 2.24) is 25.0 Å². The Hall–Kier alpha value is -1.43. The highest BCUT2D eigenvalue weighted by molar-refractivity contribution is 5.90. The quantitative estimate of drug-likeness (QED) is 0.845. The minimum atomic E-state index is -0.0394. The van der Waals surface area contributed by atoms with Crippen LogP contribution in [0.3, 0.4) is 0 Å². The van der Waals surface area contributed by atoms with Crippen molar-refractivity contribution in [2.75, 3.05) is 27.2 Å². The van der Waals surface area contributed by atoms with Crippen LogP contribution in [0, 0.1) is 0 Å². The molecule has 18 heavy (non-hydrogen) atoms. The number of rotatable bonds is 3. The average Bonchev–Trinajstić information content (AvgIpc) is 2.92. The van der Waals surface area contributed by atoms with Gasteiger partial charge in [0.25, 0.3) is 5.91 Å². The van der Waals surface area contributed by atoms with Crippen molar-refractivity contribution in [3.63, 3.8) is 0 Å². The number of carbonyl (C=O) groups is 1. The van der Waals surface area contributed by atoms with Crippen molar-refractivity contribution in [2.45, 2.75) is 31.2 Å². The summed E-state index contributed by atoms with van der Waals surface area (Å²) in [6.45, 7) is 1.58. The number of carbonyl (C=O) groups excluding carboxylic acids is 1. The maximum absolute atomic E-state index is 12.2. The van der Waals surface area contributed by atoms with E-state index in [0.29, 0.717) is 17.8 Å². The Labute approximate surface area is 106 Å². The van der Waals surface area contributed by atoms with E-state index in [1.165, 1.54) is 0 Å². The highest BCUT2D eigenvalue weighted by atomic mass is 16.2. The van der Waals surface area contributed by atoms with Crippen molar-refractivity contribution < 1.29 is 4.79 Å². The number of hydrogen-bond acceptors (Lipinski definition) is 4. The number of aromatic nitrogens is 3. The summed E-state index contributed by atoms with van der Waals surface area (Å²) in [5, 5.41) is 6.94. The standard InChI is InChI=1S/C12H19N5O/c1-16(2)9-5-6-17(7-9)12(18)11-13-10(14-15-11)8-3-4-8/h8-9H,3-7H2,1-2H3,(H,13,14,15). The largest absolute Gasteiger partial charge is 0.334 e. The Bertz CT molecular complexity index is 451. The van der Waals surface area contributed by atoms with Crippen LogP contribution in [0.25, 0.3) is 0 Å². The molecule has 1 aliphatic heterocycles. The lowest BCUT2D eigenvalue weighted by Crippen LogP contribution is -2.34. The van der Waals surface area contributed by atoms with Gasteiger partial charge < -0.3 is 9.80 Å². The van der Waals surface area contributed by atoms with E-state index in [2.05, 4.69) is 34.2 Å². The molecule has 1 saturated carbocycles. The van der Waals surface area contributed by atoms with Crippen LogP contribution in [0.4, 0.5) is 0 Å². The second-order valence-corrected chi connectivity index (χ2v) is 5.48. The van der Waals surface area contributed by atoms with Crippen LogP contribution in [0.2, 0.25) is 0 Å². The topological polar surface area (TPSA) is 65.1 Å². The third kappa shape index (κ3) is 2.12. The van der Waals surface area contributed by atoms with Gasteiger partial charge in [0.05, 0.1) is 0 Å². The molecule has 0 spiro atoms. The molecule has 1 aromatic heterocycles. The smallest absolute Gasteiger partial charge is 0.293 e. The SMILES string of the molecule is CN(C)C1CCN(C(=O)c2n[nH]c(C3CC3)n2)C1. The van der Waals surface area contributed by atoms with Crippen molar-refractivity contribution in [1.29, 1.82) is 0 Å². The van der Waals surface area contributed by atoms with E-state index in [9.17, 15) is 4.79 Å². The summed E-state index contributed by atoms with van der Waals surface area (Å²) >= 11 is 0. The van der Waals surface area contributed by atoms with Crippen LogP contribution in [0.5, 0.6) is 0 Å². The second kappa shape index (κ2) is 4.35. The molecule has 0 aromatic carbocycles. The first-order valence-corrected chi connectivity index (χ1v) is 6.53. The number of nitrogens with one attached hydrogen (secondary N) is 1. The third-order valence-electron chi connectivity index (χ3n) is 3.84. The predicted molar refractivity (Wildman–Crippen MR) is 66.4 cm³/mol. The molecule has 2 heterocycles. The minimum absolute atomic E-state index is 0.0394. The third-order valence-corrected chi connectivity index (χ3v) is 3.84. The molecular weight excluding hydrogens is 230 g/mol. The second-order valence-electron chi connectivity index (χ2n) is 5.48. The molecule has 0 radical (unpaired) electrons. The molecule has 1 unspecified atom stereocenters. The van der Waals surface area contributed by atoms with Crippen LogP contribution in [0.1, 0.15) is 41.6 Å². The fourth-order valence-electron chi connectivity index (χ4n) is 2.40. The Morgan fingerprint density at radius 3 is 2.78 bits per heavy atom. The van der Waals surface area contributed by atoms with Crippen LogP contribution >= 0.6 is 0 Å². The van der Waals surface area contributed by atoms with Crippen LogP contribution < -0.4 is 0 Å². The number of aromatic amines is 1. The zero-order valence-electron chi connectivity index (χ0n) is 10.9. The molecule has 3 rings (SSSR count). The summed E-state index contributed by atoms with van der Waals surface area (Å²) in [5.41, 5.74) is 0. The monoisotopic (exact) mass is 249 g/mol. The lowest BCUT2D eigenvalue weighted by Gasteiger charge is -2.19. The van der Waals surface area contributed by atoms with Gasteiger partial charge in [0.15, 0.2) is 0 Å². The van der Waals surface area contributed by atoms with Gasteiger partial charge in [-0.25, -0.2) is 4.98 Å². The molecule has 0 bridgehead atoms. The highest BCUT2D eigenvalue weighted by Crippen LogP contribution is 2.37. The number of nitrogens with zero attached hydrogens (tertiary/aromatic N) is 4. The van der Waals surface area contributed by atoms with Crippen molar-refractivity contribution >= 4 is 5.91 Å². The van der Waals surface area contributed by atoms with E-state index in [1.807, 2.05) is 4.90 Å². The lowest BCUT2D eigenvalue weighted by atomic mass is 10.2. The van der Waals surface area contributed by atoms with Crippen LogP contribution in [-0.4, -0.2) is 64.1 Å². The Kier molecular flexibility index (Phi) is 2.81. The maximum Gasteiger partial charge on any atom is 0.293 e. The molecule has 1 aromatic rings. The van der Waals surface area contributed by atoms with E-state index in [4.69, 9.17) is 0 Å². The zero-order chi connectivity index (χ0) is 12.7. The molecule has 6 nitrogen and oxygen atoms in total. The molecule has 6 heteroatoms. The molecule has 1 saturated heterocycles. The fraction of sp³-hybridized carbons (Fsp3) is 0.750. The Morgan fingerprint density at radius 2 is 2.17 bits per heavy atom. The number of likely N-dealkylation sites (tertiary alicyclic amines) is 1. The maximum atomic E-state index is 12.2. The minimum Gasteiger partial charge on any atom is -0.334 e. The van der Waals surface area contributed by atoms with Gasteiger partial charge in [-0.3, -0.25) is 9.89 Å². The Morgan fingerprint density at radius 1 is 1.39 bits per heavy atom. The summed E-state index contributed by atoms with van der Waals surface area (Å²) in [4.78, 5) is 20.6. The van der Waals surface area contributed by atoms with E-state index in [1.54, 1.807) is 0 Å².